The van der Waals surface area contributed by atoms with Crippen molar-refractivity contribution in [2.75, 3.05) is 0 Å². The van der Waals surface area contributed by atoms with E-state index in [2.05, 4.69) is 38.2 Å². The predicted octanol–water partition coefficient (Wildman–Crippen LogP) is 3.47. The van der Waals surface area contributed by atoms with Gasteiger partial charge in [-0.1, -0.05) is 38.8 Å². The van der Waals surface area contributed by atoms with E-state index in [-0.39, 0.29) is 0 Å². The highest BCUT2D eigenvalue weighted by molar-refractivity contribution is 5.08. The zero-order valence-corrected chi connectivity index (χ0v) is 10.9. The third kappa shape index (κ3) is 4.35. The molecule has 0 fully saturated rings. The first-order chi connectivity index (χ1) is 7.63. The van der Waals surface area contributed by atoms with Crippen LogP contribution in [0.15, 0.2) is 10.6 Å². The maximum Gasteiger partial charge on any atom is 0.150 e. The Bertz CT molecular complexity index is 294. The fourth-order valence-electron chi connectivity index (χ4n) is 1.57. The minimum atomic E-state index is 0.440. The predicted molar refractivity (Wildman–Crippen MR) is 66.4 cm³/mol. The van der Waals surface area contributed by atoms with E-state index in [1.54, 1.807) is 0 Å². The molecular weight excluding hydrogens is 200 g/mol. The molecule has 0 spiro atoms. The van der Waals surface area contributed by atoms with Crippen LogP contribution in [0.5, 0.6) is 0 Å². The molecule has 3 nitrogen and oxygen atoms in total. The number of hydrogen-bond donors (Lipinski definition) is 1. The van der Waals surface area contributed by atoms with Crippen LogP contribution < -0.4 is 5.32 Å². The molecule has 0 aliphatic heterocycles. The molecule has 1 aromatic rings. The molecule has 0 amide bonds. The summed E-state index contributed by atoms with van der Waals surface area (Å²) in [6, 6.07) is 2.59. The van der Waals surface area contributed by atoms with Gasteiger partial charge in [0.2, 0.25) is 0 Å². The van der Waals surface area contributed by atoms with E-state index in [0.29, 0.717) is 12.0 Å². The molecule has 92 valence electrons. The summed E-state index contributed by atoms with van der Waals surface area (Å²) < 4.78 is 5.27. The van der Waals surface area contributed by atoms with Gasteiger partial charge >= 0.3 is 0 Å². The van der Waals surface area contributed by atoms with E-state index >= 15 is 0 Å². The minimum Gasteiger partial charge on any atom is -0.360 e. The first-order valence-corrected chi connectivity index (χ1v) is 6.32. The first-order valence-electron chi connectivity index (χ1n) is 6.32. The molecule has 0 aromatic carbocycles. The van der Waals surface area contributed by atoms with Gasteiger partial charge in [-0.15, -0.1) is 0 Å². The Kier molecular flexibility index (Phi) is 5.53. The number of hydrogen-bond acceptors (Lipinski definition) is 3. The van der Waals surface area contributed by atoms with Gasteiger partial charge in [-0.25, -0.2) is 0 Å². The summed E-state index contributed by atoms with van der Waals surface area (Å²) >= 11 is 0. The molecule has 1 rings (SSSR count). The van der Waals surface area contributed by atoms with Crippen LogP contribution in [0.25, 0.3) is 0 Å². The molecule has 0 radical (unpaired) electrons. The zero-order valence-electron chi connectivity index (χ0n) is 10.9. The molecule has 1 N–H and O–H groups in total. The van der Waals surface area contributed by atoms with E-state index in [0.717, 1.165) is 18.0 Å². The lowest BCUT2D eigenvalue weighted by Crippen LogP contribution is -2.25. The molecule has 16 heavy (non-hydrogen) atoms. The van der Waals surface area contributed by atoms with Crippen LogP contribution in [0.1, 0.15) is 64.3 Å². The summed E-state index contributed by atoms with van der Waals surface area (Å²) in [6.45, 7) is 9.47. The third-order valence-corrected chi connectivity index (χ3v) is 2.78. The second-order valence-corrected chi connectivity index (χ2v) is 4.80. The van der Waals surface area contributed by atoms with Gasteiger partial charge in [-0.3, -0.25) is 0 Å². The standard InChI is InChI=1S/C13H24N2O/c1-5-6-7-11(4)14-9-12-8-13(10(2)3)15-16-12/h8,10-11,14H,5-7,9H2,1-4H3. The smallest absolute Gasteiger partial charge is 0.150 e. The molecule has 0 saturated heterocycles. The summed E-state index contributed by atoms with van der Waals surface area (Å²) in [5.41, 5.74) is 1.04. The molecule has 0 aliphatic carbocycles. The van der Waals surface area contributed by atoms with E-state index in [1.165, 1.54) is 19.3 Å². The molecule has 1 unspecified atom stereocenters. The van der Waals surface area contributed by atoms with Gasteiger partial charge in [0.15, 0.2) is 5.76 Å². The van der Waals surface area contributed by atoms with Crippen molar-refractivity contribution in [2.45, 2.75) is 65.5 Å². The fourth-order valence-corrected chi connectivity index (χ4v) is 1.57. The van der Waals surface area contributed by atoms with Gasteiger partial charge in [0.05, 0.1) is 12.2 Å². The molecule has 1 heterocycles. The van der Waals surface area contributed by atoms with Crippen molar-refractivity contribution in [3.8, 4) is 0 Å². The van der Waals surface area contributed by atoms with Crippen LogP contribution in [-0.4, -0.2) is 11.2 Å². The van der Waals surface area contributed by atoms with Crippen molar-refractivity contribution in [3.05, 3.63) is 17.5 Å². The lowest BCUT2D eigenvalue weighted by Gasteiger charge is -2.11. The van der Waals surface area contributed by atoms with Crippen LogP contribution in [0, 0.1) is 0 Å². The molecule has 0 aliphatic rings. The molecular formula is C13H24N2O. The SMILES string of the molecule is CCCCC(C)NCc1cc(C(C)C)no1. The van der Waals surface area contributed by atoms with E-state index in [1.807, 2.05) is 6.07 Å². The second-order valence-electron chi connectivity index (χ2n) is 4.80. The highest BCUT2D eigenvalue weighted by Gasteiger charge is 2.08. The Hall–Kier alpha value is -0.830. The topological polar surface area (TPSA) is 38.1 Å². The van der Waals surface area contributed by atoms with Crippen molar-refractivity contribution in [1.29, 1.82) is 0 Å². The lowest BCUT2D eigenvalue weighted by molar-refractivity contribution is 0.355. The second kappa shape index (κ2) is 6.69. The monoisotopic (exact) mass is 224 g/mol. The maximum absolute atomic E-state index is 5.27. The summed E-state index contributed by atoms with van der Waals surface area (Å²) in [5.74, 6) is 1.38. The largest absolute Gasteiger partial charge is 0.360 e. The Morgan fingerprint density at radius 3 is 2.69 bits per heavy atom. The minimum absolute atomic E-state index is 0.440. The fraction of sp³-hybridized carbons (Fsp3) is 0.769. The van der Waals surface area contributed by atoms with Crippen molar-refractivity contribution < 1.29 is 4.52 Å². The van der Waals surface area contributed by atoms with Gasteiger partial charge in [-0.2, -0.15) is 0 Å². The Balaban J connectivity index is 2.31. The van der Waals surface area contributed by atoms with Gasteiger partial charge in [0.25, 0.3) is 0 Å². The van der Waals surface area contributed by atoms with Crippen molar-refractivity contribution >= 4 is 0 Å². The molecule has 1 aromatic heterocycles. The summed E-state index contributed by atoms with van der Waals surface area (Å²) in [5, 5.41) is 7.49. The molecule has 0 bridgehead atoms. The summed E-state index contributed by atoms with van der Waals surface area (Å²) in [7, 11) is 0. The van der Waals surface area contributed by atoms with Gasteiger partial charge in [-0.05, 0) is 19.3 Å². The van der Waals surface area contributed by atoms with Gasteiger partial charge < -0.3 is 9.84 Å². The van der Waals surface area contributed by atoms with Crippen LogP contribution in [0.3, 0.4) is 0 Å². The lowest BCUT2D eigenvalue weighted by atomic mass is 10.1. The van der Waals surface area contributed by atoms with Crippen LogP contribution in [0.2, 0.25) is 0 Å². The average Bonchev–Trinajstić information content (AvgIpc) is 2.72. The number of unbranched alkanes of at least 4 members (excludes halogenated alkanes) is 1. The maximum atomic E-state index is 5.27. The zero-order chi connectivity index (χ0) is 12.0. The van der Waals surface area contributed by atoms with Crippen LogP contribution >= 0.6 is 0 Å². The highest BCUT2D eigenvalue weighted by atomic mass is 16.5. The third-order valence-electron chi connectivity index (χ3n) is 2.78. The Labute approximate surface area is 98.6 Å². The quantitative estimate of drug-likeness (QED) is 0.770. The number of rotatable bonds is 7. The van der Waals surface area contributed by atoms with Gasteiger partial charge in [0, 0.05) is 12.1 Å². The number of nitrogens with one attached hydrogen (secondary N) is 1. The van der Waals surface area contributed by atoms with Gasteiger partial charge in [0.1, 0.15) is 0 Å². The summed E-state index contributed by atoms with van der Waals surface area (Å²) in [6.07, 6.45) is 3.76. The van der Waals surface area contributed by atoms with Crippen molar-refractivity contribution in [3.63, 3.8) is 0 Å². The highest BCUT2D eigenvalue weighted by Crippen LogP contribution is 2.14. The summed E-state index contributed by atoms with van der Waals surface area (Å²) in [4.78, 5) is 0. The number of nitrogens with zero attached hydrogens (tertiary/aromatic N) is 1. The van der Waals surface area contributed by atoms with E-state index in [4.69, 9.17) is 4.52 Å². The normalized spacial score (nSPS) is 13.3. The average molecular weight is 224 g/mol. The van der Waals surface area contributed by atoms with E-state index < -0.39 is 0 Å². The van der Waals surface area contributed by atoms with Crippen LogP contribution in [-0.2, 0) is 6.54 Å². The molecule has 1 atom stereocenters. The Morgan fingerprint density at radius 1 is 1.38 bits per heavy atom. The van der Waals surface area contributed by atoms with Crippen molar-refractivity contribution in [1.82, 2.24) is 10.5 Å². The van der Waals surface area contributed by atoms with Crippen molar-refractivity contribution in [2.24, 2.45) is 0 Å². The Morgan fingerprint density at radius 2 is 2.12 bits per heavy atom. The van der Waals surface area contributed by atoms with Crippen LogP contribution in [0.4, 0.5) is 0 Å². The van der Waals surface area contributed by atoms with E-state index in [9.17, 15) is 0 Å². The molecule has 3 heteroatoms. The number of aromatic nitrogens is 1. The molecule has 0 saturated carbocycles. The first kappa shape index (κ1) is 13.2.